The molecule has 1 N–H and O–H groups in total. The van der Waals surface area contributed by atoms with E-state index in [4.69, 9.17) is 0 Å². The molecule has 1 aromatic heterocycles. The molecule has 0 amide bonds. The van der Waals surface area contributed by atoms with E-state index in [1.165, 1.54) is 0 Å². The molecule has 2 heterocycles. The molecule has 7 heteroatoms. The lowest BCUT2D eigenvalue weighted by molar-refractivity contribution is 0.409. The fraction of sp³-hybridized carbons (Fsp3) is 0.471. The van der Waals surface area contributed by atoms with Crippen molar-refractivity contribution >= 4 is 10.2 Å². The van der Waals surface area contributed by atoms with Crippen LogP contribution < -0.4 is 4.72 Å². The summed E-state index contributed by atoms with van der Waals surface area (Å²) in [6, 6.07) is 9.08. The number of hydrogen-bond acceptors (Lipinski definition) is 3. The Balaban J connectivity index is 1.90. The van der Waals surface area contributed by atoms with Gasteiger partial charge in [-0.3, -0.25) is 0 Å². The lowest BCUT2D eigenvalue weighted by Crippen LogP contribution is -2.43. The van der Waals surface area contributed by atoms with Crippen LogP contribution in [0.3, 0.4) is 0 Å². The third kappa shape index (κ3) is 3.85. The molecule has 1 aliphatic rings. The Kier molecular flexibility index (Phi) is 5.33. The van der Waals surface area contributed by atoms with Gasteiger partial charge in [-0.05, 0) is 18.4 Å². The second-order valence-corrected chi connectivity index (χ2v) is 7.88. The number of aromatic nitrogens is 2. The number of rotatable bonds is 5. The maximum atomic E-state index is 12.9. The van der Waals surface area contributed by atoms with Crippen molar-refractivity contribution in [1.29, 1.82) is 0 Å². The highest BCUT2D eigenvalue weighted by Gasteiger charge is 2.29. The summed E-state index contributed by atoms with van der Waals surface area (Å²) in [6.07, 6.45) is 7.52. The van der Waals surface area contributed by atoms with Crippen molar-refractivity contribution in [3.05, 3.63) is 54.1 Å². The molecule has 0 aliphatic carbocycles. The normalized spacial score (nSPS) is 18.2. The van der Waals surface area contributed by atoms with E-state index in [-0.39, 0.29) is 0 Å². The van der Waals surface area contributed by atoms with Crippen LogP contribution >= 0.6 is 0 Å². The maximum Gasteiger partial charge on any atom is 0.280 e. The van der Waals surface area contributed by atoms with Crippen LogP contribution in [-0.4, -0.2) is 35.4 Å². The molecule has 0 bridgehead atoms. The molecule has 130 valence electrons. The average molecular weight is 348 g/mol. The van der Waals surface area contributed by atoms with Crippen LogP contribution in [-0.2, 0) is 17.3 Å². The summed E-state index contributed by atoms with van der Waals surface area (Å²) in [4.78, 5) is 4.36. The Morgan fingerprint density at radius 2 is 1.75 bits per heavy atom. The first kappa shape index (κ1) is 17.1. The van der Waals surface area contributed by atoms with E-state index in [1.54, 1.807) is 10.5 Å². The quantitative estimate of drug-likeness (QED) is 0.901. The molecule has 0 spiro atoms. The highest BCUT2D eigenvalue weighted by Crippen LogP contribution is 2.23. The molecule has 24 heavy (non-hydrogen) atoms. The van der Waals surface area contributed by atoms with E-state index in [0.29, 0.717) is 18.9 Å². The van der Waals surface area contributed by atoms with Crippen LogP contribution in [0.4, 0.5) is 0 Å². The minimum absolute atomic E-state index is 0.501. The van der Waals surface area contributed by atoms with E-state index in [1.807, 2.05) is 48.1 Å². The predicted molar refractivity (Wildman–Crippen MR) is 93.6 cm³/mol. The summed E-state index contributed by atoms with van der Waals surface area (Å²) in [7, 11) is -1.69. The Morgan fingerprint density at radius 3 is 2.33 bits per heavy atom. The standard InChI is InChI=1S/C17H24N4O2S/c1-20-14-11-18-17(20)16(15-9-5-4-6-10-15)19-24(22,23)21-12-7-2-3-8-13-21/h4-6,9-11,14,16,19H,2-3,7-8,12-13H2,1H3. The van der Waals surface area contributed by atoms with Gasteiger partial charge in [0.2, 0.25) is 0 Å². The summed E-state index contributed by atoms with van der Waals surface area (Å²) in [5.41, 5.74) is 0.880. The Labute approximate surface area is 143 Å². The number of nitrogens with zero attached hydrogens (tertiary/aromatic N) is 3. The monoisotopic (exact) mass is 348 g/mol. The van der Waals surface area contributed by atoms with E-state index >= 15 is 0 Å². The largest absolute Gasteiger partial charge is 0.336 e. The van der Waals surface area contributed by atoms with E-state index in [2.05, 4.69) is 9.71 Å². The fourth-order valence-electron chi connectivity index (χ4n) is 3.08. The Morgan fingerprint density at radius 1 is 1.08 bits per heavy atom. The third-order valence-corrected chi connectivity index (χ3v) is 6.00. The van der Waals surface area contributed by atoms with Crippen molar-refractivity contribution < 1.29 is 8.42 Å². The second-order valence-electron chi connectivity index (χ2n) is 6.18. The van der Waals surface area contributed by atoms with Crippen molar-refractivity contribution in [1.82, 2.24) is 18.6 Å². The van der Waals surface area contributed by atoms with E-state index < -0.39 is 16.3 Å². The molecule has 3 rings (SSSR count). The summed E-state index contributed by atoms with van der Waals surface area (Å²) in [5, 5.41) is 0. The van der Waals surface area contributed by atoms with E-state index in [0.717, 1.165) is 31.2 Å². The lowest BCUT2D eigenvalue weighted by Gasteiger charge is -2.25. The molecule has 1 fully saturated rings. The first-order chi connectivity index (χ1) is 11.6. The summed E-state index contributed by atoms with van der Waals surface area (Å²) in [5.74, 6) is 0.680. The van der Waals surface area contributed by atoms with Gasteiger partial charge in [-0.1, -0.05) is 43.2 Å². The van der Waals surface area contributed by atoms with Gasteiger partial charge in [-0.15, -0.1) is 0 Å². The molecule has 1 aliphatic heterocycles. The lowest BCUT2D eigenvalue weighted by atomic mass is 10.1. The zero-order chi connectivity index (χ0) is 17.0. The molecule has 1 atom stereocenters. The molecular formula is C17H24N4O2S. The Bertz CT molecular complexity index is 750. The van der Waals surface area contributed by atoms with Crippen LogP contribution in [0.25, 0.3) is 0 Å². The second kappa shape index (κ2) is 7.46. The zero-order valence-corrected chi connectivity index (χ0v) is 14.7. The van der Waals surface area contributed by atoms with Gasteiger partial charge in [0.1, 0.15) is 11.9 Å². The summed E-state index contributed by atoms with van der Waals surface area (Å²) in [6.45, 7) is 1.16. The van der Waals surface area contributed by atoms with Crippen molar-refractivity contribution in [3.63, 3.8) is 0 Å². The van der Waals surface area contributed by atoms with Gasteiger partial charge in [0, 0.05) is 32.5 Å². The van der Waals surface area contributed by atoms with Gasteiger partial charge < -0.3 is 4.57 Å². The predicted octanol–water partition coefficient (Wildman–Crippen LogP) is 2.22. The smallest absolute Gasteiger partial charge is 0.280 e. The zero-order valence-electron chi connectivity index (χ0n) is 13.9. The highest BCUT2D eigenvalue weighted by atomic mass is 32.2. The van der Waals surface area contributed by atoms with Crippen LogP contribution in [0.15, 0.2) is 42.7 Å². The van der Waals surface area contributed by atoms with Gasteiger partial charge in [-0.25, -0.2) is 4.98 Å². The first-order valence-corrected chi connectivity index (χ1v) is 9.81. The van der Waals surface area contributed by atoms with Crippen molar-refractivity contribution in [2.24, 2.45) is 7.05 Å². The number of imidazole rings is 1. The van der Waals surface area contributed by atoms with Crippen molar-refractivity contribution in [3.8, 4) is 0 Å². The number of nitrogens with one attached hydrogen (secondary N) is 1. The highest BCUT2D eigenvalue weighted by molar-refractivity contribution is 7.87. The molecule has 1 aromatic carbocycles. The summed E-state index contributed by atoms with van der Waals surface area (Å²) >= 11 is 0. The fourth-order valence-corrected chi connectivity index (χ4v) is 4.50. The van der Waals surface area contributed by atoms with Gasteiger partial charge in [0.15, 0.2) is 0 Å². The van der Waals surface area contributed by atoms with Crippen molar-refractivity contribution in [2.75, 3.05) is 13.1 Å². The number of hydrogen-bond donors (Lipinski definition) is 1. The SMILES string of the molecule is Cn1ccnc1C(NS(=O)(=O)N1CCCCCC1)c1ccccc1. The first-order valence-electron chi connectivity index (χ1n) is 8.37. The molecule has 2 aromatic rings. The minimum Gasteiger partial charge on any atom is -0.336 e. The van der Waals surface area contributed by atoms with Gasteiger partial charge in [0.05, 0.1) is 0 Å². The average Bonchev–Trinajstić information content (AvgIpc) is 2.84. The molecule has 1 unspecified atom stereocenters. The minimum atomic E-state index is -3.57. The molecule has 1 saturated heterocycles. The van der Waals surface area contributed by atoms with Crippen molar-refractivity contribution in [2.45, 2.75) is 31.7 Å². The molecule has 0 radical (unpaired) electrons. The van der Waals surface area contributed by atoms with Crippen LogP contribution in [0.2, 0.25) is 0 Å². The molecule has 0 saturated carbocycles. The molecular weight excluding hydrogens is 324 g/mol. The topological polar surface area (TPSA) is 67.2 Å². The number of benzene rings is 1. The van der Waals surface area contributed by atoms with Gasteiger partial charge in [-0.2, -0.15) is 17.4 Å². The molecule has 6 nitrogen and oxygen atoms in total. The maximum absolute atomic E-state index is 12.9. The van der Waals surface area contributed by atoms with Gasteiger partial charge >= 0.3 is 0 Å². The Hall–Kier alpha value is -1.70. The van der Waals surface area contributed by atoms with Crippen LogP contribution in [0.5, 0.6) is 0 Å². The van der Waals surface area contributed by atoms with E-state index in [9.17, 15) is 8.42 Å². The number of aryl methyl sites for hydroxylation is 1. The summed E-state index contributed by atoms with van der Waals surface area (Å²) < 4.78 is 32.1. The van der Waals surface area contributed by atoms with Crippen LogP contribution in [0, 0.1) is 0 Å². The van der Waals surface area contributed by atoms with Gasteiger partial charge in [0.25, 0.3) is 10.2 Å². The van der Waals surface area contributed by atoms with Crippen LogP contribution in [0.1, 0.15) is 43.1 Å². The third-order valence-electron chi connectivity index (χ3n) is 4.42.